The lowest BCUT2D eigenvalue weighted by Crippen LogP contribution is -2.00. The van der Waals surface area contributed by atoms with Crippen LogP contribution in [0.1, 0.15) is 5.69 Å². The summed E-state index contributed by atoms with van der Waals surface area (Å²) in [6.45, 7) is 0.614. The largest absolute Gasteiger partial charge is 0.356 e. The van der Waals surface area contributed by atoms with Gasteiger partial charge in [-0.05, 0) is 18.2 Å². The van der Waals surface area contributed by atoms with E-state index in [9.17, 15) is 4.39 Å². The second-order valence-electron chi connectivity index (χ2n) is 3.97. The predicted octanol–water partition coefficient (Wildman–Crippen LogP) is 2.78. The zero-order chi connectivity index (χ0) is 12.5. The normalized spacial score (nSPS) is 11.0. The van der Waals surface area contributed by atoms with E-state index in [4.69, 9.17) is 0 Å². The van der Waals surface area contributed by atoms with Gasteiger partial charge in [0.2, 0.25) is 0 Å². The standard InChI is InChI=1S/C12H11FN4S/c1-17-5-4-9(16-17)7-14-12-15-10-6-8(13)2-3-11(10)18-12/h2-6H,7H2,1H3,(H,14,15). The van der Waals surface area contributed by atoms with E-state index in [0.717, 1.165) is 15.5 Å². The second-order valence-corrected chi connectivity index (χ2v) is 5.00. The quantitative estimate of drug-likeness (QED) is 0.789. The number of aromatic nitrogens is 3. The zero-order valence-electron chi connectivity index (χ0n) is 9.72. The first-order chi connectivity index (χ1) is 8.70. The van der Waals surface area contributed by atoms with Crippen LogP contribution in [0.15, 0.2) is 30.5 Å². The van der Waals surface area contributed by atoms with Gasteiger partial charge in [0, 0.05) is 19.3 Å². The first-order valence-corrected chi connectivity index (χ1v) is 6.31. The fourth-order valence-corrected chi connectivity index (χ4v) is 2.54. The van der Waals surface area contributed by atoms with Crippen LogP contribution in [0.5, 0.6) is 0 Å². The maximum Gasteiger partial charge on any atom is 0.184 e. The highest BCUT2D eigenvalue weighted by Crippen LogP contribution is 2.26. The van der Waals surface area contributed by atoms with Gasteiger partial charge < -0.3 is 5.32 Å². The minimum atomic E-state index is -0.260. The van der Waals surface area contributed by atoms with Crippen molar-refractivity contribution in [1.29, 1.82) is 0 Å². The van der Waals surface area contributed by atoms with Gasteiger partial charge in [-0.1, -0.05) is 11.3 Å². The Labute approximate surface area is 107 Å². The van der Waals surface area contributed by atoms with Gasteiger partial charge >= 0.3 is 0 Å². The molecule has 1 N–H and O–H groups in total. The zero-order valence-corrected chi connectivity index (χ0v) is 10.5. The average Bonchev–Trinajstić information content (AvgIpc) is 2.92. The van der Waals surface area contributed by atoms with E-state index in [1.807, 2.05) is 19.3 Å². The molecule has 2 aromatic heterocycles. The van der Waals surface area contributed by atoms with Gasteiger partial charge in [-0.2, -0.15) is 5.10 Å². The summed E-state index contributed by atoms with van der Waals surface area (Å²) in [5.41, 5.74) is 1.63. The van der Waals surface area contributed by atoms with Crippen LogP contribution in [0.3, 0.4) is 0 Å². The molecule has 4 nitrogen and oxygen atoms in total. The molecule has 3 rings (SSSR count). The number of aryl methyl sites for hydroxylation is 1. The van der Waals surface area contributed by atoms with E-state index in [-0.39, 0.29) is 5.82 Å². The average molecular weight is 262 g/mol. The summed E-state index contributed by atoms with van der Waals surface area (Å²) in [4.78, 5) is 4.33. The van der Waals surface area contributed by atoms with Gasteiger partial charge in [-0.3, -0.25) is 4.68 Å². The number of fused-ring (bicyclic) bond motifs is 1. The van der Waals surface area contributed by atoms with E-state index in [2.05, 4.69) is 15.4 Å². The predicted molar refractivity (Wildman–Crippen MR) is 70.1 cm³/mol. The Kier molecular flexibility index (Phi) is 2.71. The molecule has 0 amide bonds. The fourth-order valence-electron chi connectivity index (χ4n) is 1.70. The van der Waals surface area contributed by atoms with Crippen molar-refractivity contribution in [2.24, 2.45) is 7.05 Å². The van der Waals surface area contributed by atoms with Gasteiger partial charge in [0.05, 0.1) is 22.5 Å². The topological polar surface area (TPSA) is 42.7 Å². The molecule has 0 bridgehead atoms. The second kappa shape index (κ2) is 4.38. The Hall–Kier alpha value is -1.95. The van der Waals surface area contributed by atoms with Crippen molar-refractivity contribution < 1.29 is 4.39 Å². The lowest BCUT2D eigenvalue weighted by Gasteiger charge is -1.97. The first-order valence-electron chi connectivity index (χ1n) is 5.49. The van der Waals surface area contributed by atoms with Crippen LogP contribution in [0, 0.1) is 5.82 Å². The maximum absolute atomic E-state index is 13.0. The highest BCUT2D eigenvalue weighted by Gasteiger charge is 2.05. The van der Waals surface area contributed by atoms with Crippen LogP contribution < -0.4 is 5.32 Å². The van der Waals surface area contributed by atoms with Gasteiger partial charge in [-0.25, -0.2) is 9.37 Å². The summed E-state index contributed by atoms with van der Waals surface area (Å²) in [5.74, 6) is -0.260. The Morgan fingerprint density at radius 3 is 3.06 bits per heavy atom. The minimum Gasteiger partial charge on any atom is -0.356 e. The van der Waals surface area contributed by atoms with Crippen molar-refractivity contribution in [3.8, 4) is 0 Å². The molecule has 0 radical (unpaired) electrons. The Bertz CT molecular complexity index is 688. The fraction of sp³-hybridized carbons (Fsp3) is 0.167. The van der Waals surface area contributed by atoms with E-state index >= 15 is 0 Å². The van der Waals surface area contributed by atoms with Crippen molar-refractivity contribution in [3.05, 3.63) is 42.0 Å². The van der Waals surface area contributed by atoms with Crippen molar-refractivity contribution in [3.63, 3.8) is 0 Å². The number of benzene rings is 1. The molecular weight excluding hydrogens is 251 g/mol. The molecule has 0 fully saturated rings. The minimum absolute atomic E-state index is 0.260. The third-order valence-corrected chi connectivity index (χ3v) is 3.53. The van der Waals surface area contributed by atoms with E-state index in [1.165, 1.54) is 23.5 Å². The van der Waals surface area contributed by atoms with Crippen molar-refractivity contribution in [1.82, 2.24) is 14.8 Å². The summed E-state index contributed by atoms with van der Waals surface area (Å²) in [6, 6.07) is 6.58. The third-order valence-electron chi connectivity index (χ3n) is 2.54. The summed E-state index contributed by atoms with van der Waals surface area (Å²) >= 11 is 1.51. The molecule has 92 valence electrons. The molecule has 18 heavy (non-hydrogen) atoms. The molecular formula is C12H11FN4S. The molecule has 0 saturated heterocycles. The van der Waals surface area contributed by atoms with Crippen LogP contribution in [0.25, 0.3) is 10.2 Å². The third kappa shape index (κ3) is 2.19. The number of hydrogen-bond donors (Lipinski definition) is 1. The summed E-state index contributed by atoms with van der Waals surface area (Å²) in [5, 5.41) is 8.24. The van der Waals surface area contributed by atoms with Gasteiger partial charge in [0.25, 0.3) is 0 Å². The molecule has 0 aliphatic rings. The Morgan fingerprint density at radius 1 is 1.39 bits per heavy atom. The number of hydrogen-bond acceptors (Lipinski definition) is 4. The molecule has 0 unspecified atom stereocenters. The summed E-state index contributed by atoms with van der Waals surface area (Å²) in [6.07, 6.45) is 1.89. The highest BCUT2D eigenvalue weighted by atomic mass is 32.1. The first kappa shape index (κ1) is 11.2. The molecule has 3 aromatic rings. The smallest absolute Gasteiger partial charge is 0.184 e. The van der Waals surface area contributed by atoms with Crippen LogP contribution in [0.2, 0.25) is 0 Å². The van der Waals surface area contributed by atoms with Crippen LogP contribution >= 0.6 is 11.3 Å². The number of nitrogens with one attached hydrogen (secondary N) is 1. The van der Waals surface area contributed by atoms with E-state index in [1.54, 1.807) is 10.7 Å². The molecule has 0 atom stereocenters. The van der Waals surface area contributed by atoms with Gasteiger partial charge in [0.15, 0.2) is 5.13 Å². The van der Waals surface area contributed by atoms with Crippen molar-refractivity contribution in [2.45, 2.75) is 6.54 Å². The number of halogens is 1. The number of anilines is 1. The van der Waals surface area contributed by atoms with Crippen molar-refractivity contribution in [2.75, 3.05) is 5.32 Å². The maximum atomic E-state index is 13.0. The van der Waals surface area contributed by atoms with Crippen LogP contribution in [0.4, 0.5) is 9.52 Å². The molecule has 0 saturated carbocycles. The molecule has 0 aliphatic heterocycles. The molecule has 0 aliphatic carbocycles. The van der Waals surface area contributed by atoms with Crippen LogP contribution in [-0.4, -0.2) is 14.8 Å². The lowest BCUT2D eigenvalue weighted by molar-refractivity contribution is 0.629. The van der Waals surface area contributed by atoms with Gasteiger partial charge in [0.1, 0.15) is 5.82 Å². The van der Waals surface area contributed by atoms with Gasteiger partial charge in [-0.15, -0.1) is 0 Å². The molecule has 0 spiro atoms. The summed E-state index contributed by atoms with van der Waals surface area (Å²) < 4.78 is 15.8. The number of rotatable bonds is 3. The summed E-state index contributed by atoms with van der Waals surface area (Å²) in [7, 11) is 1.88. The molecule has 2 heterocycles. The van der Waals surface area contributed by atoms with Crippen LogP contribution in [-0.2, 0) is 13.6 Å². The number of nitrogens with zero attached hydrogens (tertiary/aromatic N) is 3. The Balaban J connectivity index is 1.78. The lowest BCUT2D eigenvalue weighted by atomic mass is 10.3. The van der Waals surface area contributed by atoms with E-state index in [0.29, 0.717) is 12.1 Å². The van der Waals surface area contributed by atoms with E-state index < -0.39 is 0 Å². The Morgan fingerprint density at radius 2 is 2.28 bits per heavy atom. The SMILES string of the molecule is Cn1ccc(CNc2nc3cc(F)ccc3s2)n1. The monoisotopic (exact) mass is 262 g/mol. The number of thiazole rings is 1. The van der Waals surface area contributed by atoms with Crippen molar-refractivity contribution >= 4 is 26.7 Å². The molecule has 1 aromatic carbocycles. The highest BCUT2D eigenvalue weighted by molar-refractivity contribution is 7.22. The molecule has 6 heteroatoms.